The van der Waals surface area contributed by atoms with Gasteiger partial charge in [-0.05, 0) is 24.3 Å². The summed E-state index contributed by atoms with van der Waals surface area (Å²) in [6, 6.07) is 6.07. The van der Waals surface area contributed by atoms with Crippen LogP contribution in [0.25, 0.3) is 0 Å². The van der Waals surface area contributed by atoms with Crippen LogP contribution in [0.3, 0.4) is 0 Å². The molecule has 1 aliphatic heterocycles. The van der Waals surface area contributed by atoms with Crippen LogP contribution >= 0.6 is 11.6 Å². The molecule has 3 N–H and O–H groups in total. The molecule has 2 rings (SSSR count). The van der Waals surface area contributed by atoms with Crippen molar-refractivity contribution in [3.63, 3.8) is 0 Å². The Morgan fingerprint density at radius 1 is 1.25 bits per heavy atom. The first-order valence-electron chi connectivity index (χ1n) is 4.76. The minimum Gasteiger partial charge on any atom is -0.372 e. The van der Waals surface area contributed by atoms with E-state index in [0.717, 1.165) is 5.69 Å². The molecule has 0 aliphatic carbocycles. The molecule has 3 amide bonds. The molecule has 0 bridgehead atoms. The van der Waals surface area contributed by atoms with Crippen molar-refractivity contribution in [3.8, 4) is 0 Å². The van der Waals surface area contributed by atoms with Crippen LogP contribution in [-0.2, 0) is 4.79 Å². The van der Waals surface area contributed by atoms with Crippen LogP contribution in [0.15, 0.2) is 24.3 Å². The van der Waals surface area contributed by atoms with Crippen molar-refractivity contribution in [1.82, 2.24) is 10.6 Å². The van der Waals surface area contributed by atoms with E-state index < -0.39 is 12.1 Å². The summed E-state index contributed by atoms with van der Waals surface area (Å²) in [6.45, 7) is 0.271. The quantitative estimate of drug-likeness (QED) is 0.720. The number of urea groups is 1. The molecule has 0 aromatic heterocycles. The molecular formula is C10H10ClN3O2. The lowest BCUT2D eigenvalue weighted by atomic mass is 10.2. The lowest BCUT2D eigenvalue weighted by Crippen LogP contribution is -2.57. The summed E-state index contributed by atoms with van der Waals surface area (Å²) in [5.41, 5.74) is 0.778. The van der Waals surface area contributed by atoms with E-state index in [2.05, 4.69) is 16.0 Å². The van der Waals surface area contributed by atoms with Gasteiger partial charge in [0, 0.05) is 17.3 Å². The van der Waals surface area contributed by atoms with Crippen LogP contribution in [0.1, 0.15) is 0 Å². The fraction of sp³-hybridized carbons (Fsp3) is 0.200. The molecule has 1 atom stereocenters. The SMILES string of the molecule is O=C1NC[C@H](Nc2ccc(Cl)cc2)C(=O)N1. The smallest absolute Gasteiger partial charge is 0.321 e. The lowest BCUT2D eigenvalue weighted by molar-refractivity contribution is -0.121. The molecule has 6 heteroatoms. The van der Waals surface area contributed by atoms with Gasteiger partial charge in [0.15, 0.2) is 0 Å². The molecular weight excluding hydrogens is 230 g/mol. The second-order valence-corrected chi connectivity index (χ2v) is 3.84. The molecule has 0 spiro atoms. The zero-order chi connectivity index (χ0) is 11.5. The van der Waals surface area contributed by atoms with Crippen molar-refractivity contribution in [2.24, 2.45) is 0 Å². The fourth-order valence-electron chi connectivity index (χ4n) is 1.39. The number of anilines is 1. The number of rotatable bonds is 2. The summed E-state index contributed by atoms with van der Waals surface area (Å²) in [4.78, 5) is 22.2. The number of amides is 3. The number of hydrogen-bond acceptors (Lipinski definition) is 3. The highest BCUT2D eigenvalue weighted by Crippen LogP contribution is 2.14. The maximum absolute atomic E-state index is 11.4. The molecule has 1 fully saturated rings. The molecule has 84 valence electrons. The highest BCUT2D eigenvalue weighted by atomic mass is 35.5. The summed E-state index contributed by atoms with van der Waals surface area (Å²) in [5.74, 6) is -0.335. The van der Waals surface area contributed by atoms with E-state index in [1.807, 2.05) is 0 Å². The van der Waals surface area contributed by atoms with Crippen molar-refractivity contribution >= 4 is 29.2 Å². The van der Waals surface area contributed by atoms with Crippen LogP contribution in [0, 0.1) is 0 Å². The van der Waals surface area contributed by atoms with Gasteiger partial charge in [-0.1, -0.05) is 11.6 Å². The van der Waals surface area contributed by atoms with Gasteiger partial charge in [-0.15, -0.1) is 0 Å². The highest BCUT2D eigenvalue weighted by Gasteiger charge is 2.25. The monoisotopic (exact) mass is 239 g/mol. The molecule has 0 unspecified atom stereocenters. The molecule has 16 heavy (non-hydrogen) atoms. The van der Waals surface area contributed by atoms with Crippen LogP contribution in [0.5, 0.6) is 0 Å². The third-order valence-corrected chi connectivity index (χ3v) is 2.46. The van der Waals surface area contributed by atoms with Crippen molar-refractivity contribution in [2.75, 3.05) is 11.9 Å². The van der Waals surface area contributed by atoms with Gasteiger partial charge in [0.05, 0.1) is 0 Å². The Balaban J connectivity index is 2.02. The first kappa shape index (κ1) is 10.8. The minimum atomic E-state index is -0.459. The van der Waals surface area contributed by atoms with Crippen LogP contribution in [-0.4, -0.2) is 24.5 Å². The Bertz CT molecular complexity index is 419. The van der Waals surface area contributed by atoms with E-state index in [1.165, 1.54) is 0 Å². The number of imide groups is 1. The molecule has 5 nitrogen and oxygen atoms in total. The van der Waals surface area contributed by atoms with Crippen molar-refractivity contribution in [1.29, 1.82) is 0 Å². The van der Waals surface area contributed by atoms with Crippen molar-refractivity contribution in [2.45, 2.75) is 6.04 Å². The van der Waals surface area contributed by atoms with Gasteiger partial charge in [0.25, 0.3) is 5.91 Å². The molecule has 0 radical (unpaired) electrons. The van der Waals surface area contributed by atoms with E-state index in [0.29, 0.717) is 5.02 Å². The van der Waals surface area contributed by atoms with E-state index in [-0.39, 0.29) is 12.5 Å². The molecule has 0 saturated carbocycles. The van der Waals surface area contributed by atoms with Crippen LogP contribution < -0.4 is 16.0 Å². The number of carbonyl (C=O) groups is 2. The number of halogens is 1. The van der Waals surface area contributed by atoms with Crippen LogP contribution in [0.4, 0.5) is 10.5 Å². The number of hydrogen-bond donors (Lipinski definition) is 3. The summed E-state index contributed by atoms with van der Waals surface area (Å²) < 4.78 is 0. The second-order valence-electron chi connectivity index (χ2n) is 3.40. The summed E-state index contributed by atoms with van der Waals surface area (Å²) in [5, 5.41) is 8.34. The largest absolute Gasteiger partial charge is 0.372 e. The third-order valence-electron chi connectivity index (χ3n) is 2.21. The molecule has 1 heterocycles. The molecule has 1 saturated heterocycles. The number of carbonyl (C=O) groups excluding carboxylic acids is 2. The van der Waals surface area contributed by atoms with Gasteiger partial charge < -0.3 is 10.6 Å². The summed E-state index contributed by atoms with van der Waals surface area (Å²) in [7, 11) is 0. The first-order valence-corrected chi connectivity index (χ1v) is 5.14. The maximum atomic E-state index is 11.4. The standard InChI is InChI=1S/C10H10ClN3O2/c11-6-1-3-7(4-2-6)13-8-5-12-10(16)14-9(8)15/h1-4,8,13H,5H2,(H2,12,14,15,16)/t8-/m0/s1. The van der Waals surface area contributed by atoms with Gasteiger partial charge in [-0.3, -0.25) is 10.1 Å². The number of nitrogens with one attached hydrogen (secondary N) is 3. The predicted octanol–water partition coefficient (Wildman–Crippen LogP) is 0.960. The zero-order valence-electron chi connectivity index (χ0n) is 8.29. The minimum absolute atomic E-state index is 0.271. The normalized spacial score (nSPS) is 19.9. The predicted molar refractivity (Wildman–Crippen MR) is 60.4 cm³/mol. The molecule has 1 aliphatic rings. The Kier molecular flexibility index (Phi) is 2.96. The van der Waals surface area contributed by atoms with Gasteiger partial charge in [0.1, 0.15) is 6.04 Å². The zero-order valence-corrected chi connectivity index (χ0v) is 9.04. The Labute approximate surface area is 97.2 Å². The number of benzene rings is 1. The van der Waals surface area contributed by atoms with Crippen LogP contribution in [0.2, 0.25) is 5.02 Å². The Hall–Kier alpha value is -1.75. The van der Waals surface area contributed by atoms with E-state index >= 15 is 0 Å². The van der Waals surface area contributed by atoms with Gasteiger partial charge >= 0.3 is 6.03 Å². The highest BCUT2D eigenvalue weighted by molar-refractivity contribution is 6.30. The molecule has 1 aromatic carbocycles. The van der Waals surface area contributed by atoms with Gasteiger partial charge in [-0.25, -0.2) is 4.79 Å². The van der Waals surface area contributed by atoms with Gasteiger partial charge in [-0.2, -0.15) is 0 Å². The Morgan fingerprint density at radius 2 is 1.94 bits per heavy atom. The van der Waals surface area contributed by atoms with E-state index in [4.69, 9.17) is 11.6 Å². The van der Waals surface area contributed by atoms with Crippen molar-refractivity contribution < 1.29 is 9.59 Å². The summed E-state index contributed by atoms with van der Waals surface area (Å²) in [6.07, 6.45) is 0. The lowest BCUT2D eigenvalue weighted by Gasteiger charge is -2.23. The molecule has 1 aromatic rings. The first-order chi connectivity index (χ1) is 7.65. The summed E-state index contributed by atoms with van der Waals surface area (Å²) >= 11 is 5.74. The van der Waals surface area contributed by atoms with E-state index in [9.17, 15) is 9.59 Å². The second kappa shape index (κ2) is 4.40. The van der Waals surface area contributed by atoms with Gasteiger partial charge in [0.2, 0.25) is 0 Å². The maximum Gasteiger partial charge on any atom is 0.321 e. The fourth-order valence-corrected chi connectivity index (χ4v) is 1.52. The van der Waals surface area contributed by atoms with Crippen molar-refractivity contribution in [3.05, 3.63) is 29.3 Å². The average Bonchev–Trinajstić information content (AvgIpc) is 2.25. The topological polar surface area (TPSA) is 70.2 Å². The average molecular weight is 240 g/mol. The Morgan fingerprint density at radius 3 is 2.56 bits per heavy atom. The third kappa shape index (κ3) is 2.43. The van der Waals surface area contributed by atoms with E-state index in [1.54, 1.807) is 24.3 Å².